The van der Waals surface area contributed by atoms with Gasteiger partial charge in [0.1, 0.15) is 5.75 Å². The molecule has 0 aliphatic rings. The van der Waals surface area contributed by atoms with Crippen molar-refractivity contribution in [2.75, 3.05) is 12.9 Å². The van der Waals surface area contributed by atoms with Gasteiger partial charge < -0.3 is 20.5 Å². The Balaban J connectivity index is 0.000000671. The number of benzene rings is 1. The van der Waals surface area contributed by atoms with E-state index in [2.05, 4.69) is 22.6 Å². The molecule has 10 nitrogen and oxygen atoms in total. The van der Waals surface area contributed by atoms with E-state index in [1.165, 1.54) is 0 Å². The van der Waals surface area contributed by atoms with Crippen LogP contribution >= 0.6 is 12.6 Å². The summed E-state index contributed by atoms with van der Waals surface area (Å²) in [7, 11) is 1.65. The van der Waals surface area contributed by atoms with Gasteiger partial charge >= 0.3 is 5.97 Å². The topological polar surface area (TPSA) is 144 Å². The molecule has 2 unspecified atom stereocenters. The van der Waals surface area contributed by atoms with Gasteiger partial charge in [0.25, 0.3) is 0 Å². The Labute approximate surface area is 286 Å². The van der Waals surface area contributed by atoms with Crippen molar-refractivity contribution in [3.05, 3.63) is 115 Å². The summed E-state index contributed by atoms with van der Waals surface area (Å²) >= 11 is 4.23. The smallest absolute Gasteiger partial charge is 0.306 e. The van der Waals surface area contributed by atoms with Crippen molar-refractivity contribution in [2.45, 2.75) is 39.4 Å². The molecule has 1 amide bonds. The van der Waals surface area contributed by atoms with Gasteiger partial charge in [0.15, 0.2) is 0 Å². The van der Waals surface area contributed by atoms with Crippen molar-refractivity contribution in [1.82, 2.24) is 24.8 Å². The number of thiol groups is 1. The molecule has 1 aromatic carbocycles. The zero-order chi connectivity index (χ0) is 34.5. The number of carbonyl (C=O) groups excluding carboxylic acids is 1. The van der Waals surface area contributed by atoms with Gasteiger partial charge in [0, 0.05) is 18.1 Å². The summed E-state index contributed by atoms with van der Waals surface area (Å²) in [6.45, 7) is 4.12. The molecule has 5 rings (SSSR count). The third-order valence-corrected chi connectivity index (χ3v) is 7.93. The molecule has 0 spiro atoms. The number of hydrogen-bond donors (Lipinski definition) is 3. The highest BCUT2D eigenvalue weighted by atomic mass is 32.1. The summed E-state index contributed by atoms with van der Waals surface area (Å²) in [6, 6.07) is 28.2. The van der Waals surface area contributed by atoms with Crippen molar-refractivity contribution in [3.8, 4) is 39.7 Å². The van der Waals surface area contributed by atoms with Crippen molar-refractivity contribution >= 4 is 24.5 Å². The van der Waals surface area contributed by atoms with Gasteiger partial charge in [-0.05, 0) is 78.2 Å². The quantitative estimate of drug-likeness (QED) is 0.133. The molecule has 0 aliphatic carbocycles. The summed E-state index contributed by atoms with van der Waals surface area (Å²) in [5.41, 5.74) is 12.4. The lowest BCUT2D eigenvalue weighted by Crippen LogP contribution is -2.44. The van der Waals surface area contributed by atoms with Crippen LogP contribution < -0.4 is 10.5 Å². The lowest BCUT2D eigenvalue weighted by atomic mass is 10.0. The van der Waals surface area contributed by atoms with E-state index in [0.717, 1.165) is 40.4 Å². The van der Waals surface area contributed by atoms with Gasteiger partial charge in [-0.25, -0.2) is 9.97 Å². The van der Waals surface area contributed by atoms with Crippen molar-refractivity contribution in [1.29, 1.82) is 0 Å². The van der Waals surface area contributed by atoms with Crippen molar-refractivity contribution in [2.24, 2.45) is 11.7 Å². The number of aromatic nitrogens is 4. The number of nitrogens with two attached hydrogens (primary N) is 1. The zero-order valence-corrected chi connectivity index (χ0v) is 28.1. The molecule has 248 valence electrons. The summed E-state index contributed by atoms with van der Waals surface area (Å²) in [5.74, 6) is -0.0779. The molecule has 3 N–H and O–H groups in total. The Morgan fingerprint density at radius 2 is 1.44 bits per heavy atom. The monoisotopic (exact) mass is 664 g/mol. The highest BCUT2D eigenvalue weighted by Gasteiger charge is 2.22. The minimum atomic E-state index is -0.728. The SMILES string of the molecule is CCC(C)C(=O)O.COc1ccc(-c2cc(-c3ccccn3)nc(-c3cccc(CN(Cc4ccccn4)C(=O)C(N)CS)n3)c2)cc1. The Hall–Kier alpha value is -5.13. The van der Waals surface area contributed by atoms with Gasteiger partial charge in [-0.2, -0.15) is 12.6 Å². The number of aliphatic carboxylic acids is 1. The normalized spacial score (nSPS) is 11.9. The number of nitrogens with zero attached hydrogens (tertiary/aromatic N) is 5. The first-order valence-corrected chi connectivity index (χ1v) is 16.2. The summed E-state index contributed by atoms with van der Waals surface area (Å²) < 4.78 is 5.34. The lowest BCUT2D eigenvalue weighted by molar-refractivity contribution is -0.141. The Morgan fingerprint density at radius 3 is 2.00 bits per heavy atom. The van der Waals surface area contributed by atoms with E-state index < -0.39 is 12.0 Å². The Kier molecular flexibility index (Phi) is 13.2. The molecule has 4 aromatic heterocycles. The first-order valence-electron chi connectivity index (χ1n) is 15.5. The molecule has 4 heterocycles. The molecule has 11 heteroatoms. The number of pyridine rings is 4. The molecule has 0 saturated carbocycles. The van der Waals surface area contributed by atoms with Crippen LogP contribution in [0.4, 0.5) is 0 Å². The number of methoxy groups -OCH3 is 1. The maximum atomic E-state index is 13.2. The standard InChI is InChI=1S/C32H30N6O2S.C5H10O2/c1-40-26-13-11-22(12-14-26)23-17-30(28-9-3-5-16-35-28)37-31(18-23)29-10-6-8-25(36-29)20-38(32(39)27(33)21-41)19-24-7-2-4-15-34-24;1-3-4(2)5(6)7/h2-18,27,41H,19-21,33H2,1H3;4H,3H2,1-2H3,(H,6,7). The number of carboxylic acid groups (broad SMARTS) is 1. The maximum Gasteiger partial charge on any atom is 0.306 e. The van der Waals surface area contributed by atoms with Crippen LogP contribution in [0.25, 0.3) is 33.9 Å². The van der Waals surface area contributed by atoms with Crippen LogP contribution in [-0.2, 0) is 22.7 Å². The van der Waals surface area contributed by atoms with Gasteiger partial charge in [-0.1, -0.05) is 44.2 Å². The highest BCUT2D eigenvalue weighted by Crippen LogP contribution is 2.30. The van der Waals surface area contributed by atoms with Crippen molar-refractivity contribution in [3.63, 3.8) is 0 Å². The van der Waals surface area contributed by atoms with Crippen LogP contribution in [0.5, 0.6) is 5.75 Å². The zero-order valence-electron chi connectivity index (χ0n) is 27.2. The number of hydrogen-bond acceptors (Lipinski definition) is 9. The maximum absolute atomic E-state index is 13.2. The van der Waals surface area contributed by atoms with Crippen LogP contribution in [0, 0.1) is 5.92 Å². The van der Waals surface area contributed by atoms with Gasteiger partial charge in [0.05, 0.1) is 66.3 Å². The molecular formula is C37H40N6O4S. The second kappa shape index (κ2) is 17.7. The fourth-order valence-corrected chi connectivity index (χ4v) is 4.71. The molecule has 48 heavy (non-hydrogen) atoms. The lowest BCUT2D eigenvalue weighted by Gasteiger charge is -2.25. The minimum Gasteiger partial charge on any atom is -0.497 e. The van der Waals surface area contributed by atoms with E-state index in [0.29, 0.717) is 23.6 Å². The van der Waals surface area contributed by atoms with E-state index in [9.17, 15) is 9.59 Å². The van der Waals surface area contributed by atoms with Crippen LogP contribution in [0.2, 0.25) is 0 Å². The largest absolute Gasteiger partial charge is 0.497 e. The first-order chi connectivity index (χ1) is 23.2. The Morgan fingerprint density at radius 1 is 0.812 bits per heavy atom. The Bertz CT molecular complexity index is 1770. The average Bonchev–Trinajstić information content (AvgIpc) is 3.14. The van der Waals surface area contributed by atoms with E-state index >= 15 is 0 Å². The van der Waals surface area contributed by atoms with E-state index in [-0.39, 0.29) is 24.1 Å². The molecule has 2 atom stereocenters. The highest BCUT2D eigenvalue weighted by molar-refractivity contribution is 7.80. The molecule has 0 radical (unpaired) electrons. The molecule has 0 fully saturated rings. The molecule has 0 aliphatic heterocycles. The van der Waals surface area contributed by atoms with Gasteiger partial charge in [0.2, 0.25) is 5.91 Å². The average molecular weight is 665 g/mol. The number of carbonyl (C=O) groups is 2. The summed E-state index contributed by atoms with van der Waals surface area (Å²) in [6.07, 6.45) is 4.17. The molecule has 5 aromatic rings. The minimum absolute atomic E-state index is 0.181. The van der Waals surface area contributed by atoms with Crippen LogP contribution in [0.15, 0.2) is 103 Å². The fourth-order valence-electron chi connectivity index (χ4n) is 4.55. The van der Waals surface area contributed by atoms with Crippen molar-refractivity contribution < 1.29 is 19.4 Å². The second-order valence-corrected chi connectivity index (χ2v) is 11.4. The molecule has 0 saturated heterocycles. The van der Waals surface area contributed by atoms with E-state index in [1.807, 2.05) is 97.9 Å². The third kappa shape index (κ3) is 9.93. The summed E-state index contributed by atoms with van der Waals surface area (Å²) in [5, 5.41) is 8.18. The van der Waals surface area contributed by atoms with E-state index in [1.54, 1.807) is 31.3 Å². The number of carboxylic acids is 1. The number of amides is 1. The van der Waals surface area contributed by atoms with Gasteiger partial charge in [-0.3, -0.25) is 19.6 Å². The first kappa shape index (κ1) is 35.7. The fraction of sp³-hybridized carbons (Fsp3) is 0.243. The van der Waals surface area contributed by atoms with Crippen LogP contribution in [-0.4, -0.2) is 60.7 Å². The molecule has 0 bridgehead atoms. The van der Waals surface area contributed by atoms with Crippen LogP contribution in [0.3, 0.4) is 0 Å². The predicted molar refractivity (Wildman–Crippen MR) is 190 cm³/mol. The predicted octanol–water partition coefficient (Wildman–Crippen LogP) is 6.18. The second-order valence-electron chi connectivity index (χ2n) is 11.0. The summed E-state index contributed by atoms with van der Waals surface area (Å²) in [4.78, 5) is 43.5. The third-order valence-electron chi connectivity index (χ3n) is 7.54. The molecular weight excluding hydrogens is 625 g/mol. The van der Waals surface area contributed by atoms with E-state index in [4.69, 9.17) is 25.5 Å². The number of rotatable bonds is 12. The van der Waals surface area contributed by atoms with Gasteiger partial charge in [-0.15, -0.1) is 0 Å². The van der Waals surface area contributed by atoms with Crippen LogP contribution in [0.1, 0.15) is 31.7 Å². The number of ether oxygens (including phenoxy) is 1.